The molecule has 0 aliphatic carbocycles. The van der Waals surface area contributed by atoms with Crippen molar-refractivity contribution in [1.29, 1.82) is 5.26 Å². The van der Waals surface area contributed by atoms with Crippen LogP contribution in [-0.4, -0.2) is 104 Å². The number of ether oxygens (including phenoxy) is 3. The summed E-state index contributed by atoms with van der Waals surface area (Å²) in [6.07, 6.45) is 1.16. The van der Waals surface area contributed by atoms with Crippen LogP contribution in [0.3, 0.4) is 0 Å². The number of carbonyl (C=O) groups excluding carboxylic acids is 1. The van der Waals surface area contributed by atoms with E-state index >= 15 is 4.39 Å². The van der Waals surface area contributed by atoms with Crippen molar-refractivity contribution in [2.45, 2.75) is 63.5 Å². The number of anilines is 1. The molecule has 1 amide bonds. The van der Waals surface area contributed by atoms with Crippen molar-refractivity contribution in [3.63, 3.8) is 0 Å². The fourth-order valence-electron chi connectivity index (χ4n) is 6.96. The number of nitriles is 1. The molecule has 0 spiro atoms. The summed E-state index contributed by atoms with van der Waals surface area (Å²) in [5.74, 6) is -2.23. The highest BCUT2D eigenvalue weighted by atomic mass is 32.2. The van der Waals surface area contributed by atoms with Gasteiger partial charge < -0.3 is 30.2 Å². The SMILES string of the molecule is CCNc1nc(OC)nc2c(F)c(-c3ccc(F)cc3/C(C#N)=C(/N)SC)c(C(F)(F)F)cc12.COCC1CCCN1C(=O)OC.FC1CC2CCCN2C1. The number of benzene rings is 2. The number of halogens is 6. The van der Waals surface area contributed by atoms with Gasteiger partial charge in [-0.2, -0.15) is 28.4 Å². The average Bonchev–Trinajstić information content (AvgIpc) is 3.89. The summed E-state index contributed by atoms with van der Waals surface area (Å²) in [7, 11) is 4.28. The summed E-state index contributed by atoms with van der Waals surface area (Å²) in [5, 5.41) is 12.1. The van der Waals surface area contributed by atoms with Crippen molar-refractivity contribution < 1.29 is 45.3 Å². The van der Waals surface area contributed by atoms with Gasteiger partial charge in [0.2, 0.25) is 0 Å². The first kappa shape index (κ1) is 43.3. The van der Waals surface area contributed by atoms with Crippen molar-refractivity contribution in [1.82, 2.24) is 19.8 Å². The summed E-state index contributed by atoms with van der Waals surface area (Å²) in [6, 6.07) is 5.72. The number of rotatable bonds is 8. The lowest BCUT2D eigenvalue weighted by Crippen LogP contribution is -2.37. The number of hydrogen-bond acceptors (Lipinski definition) is 11. The third-order valence-corrected chi connectivity index (χ3v) is 10.1. The number of alkyl halides is 4. The maximum absolute atomic E-state index is 15.9. The van der Waals surface area contributed by atoms with E-state index in [2.05, 4.69) is 24.9 Å². The first-order valence-electron chi connectivity index (χ1n) is 17.6. The third-order valence-electron chi connectivity index (χ3n) is 9.45. The van der Waals surface area contributed by atoms with Crippen molar-refractivity contribution in [3.8, 4) is 23.2 Å². The molecule has 3 atom stereocenters. The van der Waals surface area contributed by atoms with Crippen molar-refractivity contribution in [3.05, 3.63) is 52.1 Å². The van der Waals surface area contributed by atoms with Gasteiger partial charge in [-0.3, -0.25) is 4.90 Å². The number of allylic oxidation sites excluding steroid dienone is 1. The van der Waals surface area contributed by atoms with Crippen LogP contribution in [0.2, 0.25) is 0 Å². The molecule has 3 aliphatic heterocycles. The van der Waals surface area contributed by atoms with Crippen LogP contribution in [0.1, 0.15) is 50.2 Å². The minimum atomic E-state index is -5.01. The molecular formula is C37H45F6N7O4S. The fourth-order valence-corrected chi connectivity index (χ4v) is 7.32. The molecule has 0 saturated carbocycles. The minimum absolute atomic E-state index is 0.0520. The second-order valence-corrected chi connectivity index (χ2v) is 13.7. The molecular weight excluding hydrogens is 753 g/mol. The van der Waals surface area contributed by atoms with E-state index in [1.165, 1.54) is 33.3 Å². The molecule has 3 fully saturated rings. The van der Waals surface area contributed by atoms with Gasteiger partial charge in [0.25, 0.3) is 0 Å². The molecule has 3 unspecified atom stereocenters. The predicted octanol–water partition coefficient (Wildman–Crippen LogP) is 7.60. The quantitative estimate of drug-likeness (QED) is 0.172. The van der Waals surface area contributed by atoms with Crippen LogP contribution >= 0.6 is 11.8 Å². The van der Waals surface area contributed by atoms with E-state index in [-0.39, 0.29) is 57.6 Å². The van der Waals surface area contributed by atoms with Gasteiger partial charge in [-0.05, 0) is 75.6 Å². The zero-order valence-corrected chi connectivity index (χ0v) is 32.1. The van der Waals surface area contributed by atoms with Gasteiger partial charge in [-0.25, -0.2) is 18.0 Å². The molecule has 3 aromatic rings. The van der Waals surface area contributed by atoms with Gasteiger partial charge in [0, 0.05) is 49.3 Å². The molecule has 300 valence electrons. The third kappa shape index (κ3) is 10.2. The van der Waals surface area contributed by atoms with E-state index in [1.54, 1.807) is 25.0 Å². The standard InChI is InChI=1S/C22H18F5N5OS.C8H15NO3.C7H12FN/c1-4-30-20-13-8-15(22(25,26)27)16(17(24)18(13)31-21(32-20)33-2)11-6-5-10(23)7-12(11)14(9-28)19(29)34-3;1-11-6-7-4-3-5-9(7)8(10)12-2;8-6-4-7-2-1-3-9(7)5-6/h5-8H,4,29H2,1-3H3,(H,30,31,32);7H,3-6H2,1-2H3;6-7H,1-5H2/b19-14-;;. The van der Waals surface area contributed by atoms with Gasteiger partial charge in [-0.1, -0.05) is 6.07 Å². The van der Waals surface area contributed by atoms with E-state index in [9.17, 15) is 32.0 Å². The highest BCUT2D eigenvalue weighted by molar-refractivity contribution is 8.02. The normalized spacial score (nSPS) is 19.7. The topological polar surface area (TPSA) is 139 Å². The van der Waals surface area contributed by atoms with Crippen LogP contribution in [0.5, 0.6) is 6.01 Å². The van der Waals surface area contributed by atoms with Gasteiger partial charge >= 0.3 is 18.3 Å². The average molecular weight is 798 g/mol. The molecule has 2 aromatic carbocycles. The van der Waals surface area contributed by atoms with Crippen LogP contribution in [0, 0.1) is 23.0 Å². The summed E-state index contributed by atoms with van der Waals surface area (Å²) in [4.78, 5) is 23.1. The van der Waals surface area contributed by atoms with Gasteiger partial charge in [0.1, 0.15) is 29.4 Å². The zero-order valence-electron chi connectivity index (χ0n) is 31.2. The molecule has 3 saturated heterocycles. The number of amides is 1. The number of nitrogens with two attached hydrogens (primary N) is 1. The van der Waals surface area contributed by atoms with Crippen molar-refractivity contribution in [2.24, 2.45) is 5.73 Å². The van der Waals surface area contributed by atoms with E-state index in [1.807, 2.05) is 0 Å². The summed E-state index contributed by atoms with van der Waals surface area (Å²) in [5.41, 5.74) is 2.20. The fraction of sp³-hybridized carbons (Fsp3) is 0.514. The number of carbonyl (C=O) groups is 1. The Labute approximate surface area is 320 Å². The van der Waals surface area contributed by atoms with Crippen LogP contribution in [-0.2, 0) is 15.7 Å². The summed E-state index contributed by atoms with van der Waals surface area (Å²) < 4.78 is 99.8. The zero-order chi connectivity index (χ0) is 40.4. The lowest BCUT2D eigenvalue weighted by molar-refractivity contribution is -0.137. The Morgan fingerprint density at radius 2 is 1.85 bits per heavy atom. The lowest BCUT2D eigenvalue weighted by Gasteiger charge is -2.22. The number of aromatic nitrogens is 2. The van der Waals surface area contributed by atoms with E-state index in [0.29, 0.717) is 25.3 Å². The van der Waals surface area contributed by atoms with Crippen LogP contribution in [0.15, 0.2) is 29.3 Å². The van der Waals surface area contributed by atoms with E-state index < -0.39 is 40.6 Å². The largest absolute Gasteiger partial charge is 0.467 e. The van der Waals surface area contributed by atoms with E-state index in [0.717, 1.165) is 62.3 Å². The molecule has 18 heteroatoms. The van der Waals surface area contributed by atoms with Crippen LogP contribution < -0.4 is 15.8 Å². The number of nitrogens with zero attached hydrogens (tertiary/aromatic N) is 5. The van der Waals surface area contributed by atoms with Crippen molar-refractivity contribution in [2.75, 3.05) is 65.7 Å². The van der Waals surface area contributed by atoms with Gasteiger partial charge in [0.05, 0.1) is 43.0 Å². The molecule has 55 heavy (non-hydrogen) atoms. The Hall–Kier alpha value is -4.47. The second-order valence-electron chi connectivity index (χ2n) is 12.9. The molecule has 3 aliphatic rings. The summed E-state index contributed by atoms with van der Waals surface area (Å²) in [6.45, 7) is 5.23. The molecule has 0 radical (unpaired) electrons. The first-order chi connectivity index (χ1) is 26.2. The molecule has 11 nitrogen and oxygen atoms in total. The van der Waals surface area contributed by atoms with Gasteiger partial charge in [-0.15, -0.1) is 11.8 Å². The van der Waals surface area contributed by atoms with Crippen LogP contribution in [0.25, 0.3) is 27.6 Å². The molecule has 0 bridgehead atoms. The number of likely N-dealkylation sites (tertiary alicyclic amines) is 1. The smallest absolute Gasteiger partial charge is 0.417 e. The molecule has 1 aromatic heterocycles. The Balaban J connectivity index is 0.000000256. The number of hydrogen-bond donors (Lipinski definition) is 2. The highest BCUT2D eigenvalue weighted by Crippen LogP contribution is 2.45. The number of fused-ring (bicyclic) bond motifs is 2. The molecule has 3 N–H and O–H groups in total. The van der Waals surface area contributed by atoms with Gasteiger partial charge in [0.15, 0.2) is 5.82 Å². The monoisotopic (exact) mass is 797 g/mol. The lowest BCUT2D eigenvalue weighted by atomic mass is 9.90. The highest BCUT2D eigenvalue weighted by Gasteiger charge is 2.38. The second kappa shape index (κ2) is 19.4. The van der Waals surface area contributed by atoms with Crippen LogP contribution in [0.4, 0.5) is 37.0 Å². The predicted molar refractivity (Wildman–Crippen MR) is 199 cm³/mol. The maximum Gasteiger partial charge on any atom is 0.417 e. The Bertz CT molecular complexity index is 1880. The number of methoxy groups -OCH3 is 3. The Morgan fingerprint density at radius 1 is 1.13 bits per heavy atom. The molecule has 4 heterocycles. The first-order valence-corrected chi connectivity index (χ1v) is 18.8. The molecule has 6 rings (SSSR count). The Kier molecular flexibility index (Phi) is 15.3. The van der Waals surface area contributed by atoms with E-state index in [4.69, 9.17) is 15.2 Å². The van der Waals surface area contributed by atoms with Crippen molar-refractivity contribution >= 4 is 40.1 Å². The maximum atomic E-state index is 15.9. The Morgan fingerprint density at radius 3 is 2.45 bits per heavy atom. The number of nitrogens with one attached hydrogen (secondary N) is 1. The number of thioether (sulfide) groups is 1. The minimum Gasteiger partial charge on any atom is -0.467 e. The summed E-state index contributed by atoms with van der Waals surface area (Å²) >= 11 is 0.942.